The Morgan fingerprint density at radius 1 is 1.36 bits per heavy atom. The maximum Gasteiger partial charge on any atom is 0.136 e. The van der Waals surface area contributed by atoms with Gasteiger partial charge in [0.05, 0.1) is 0 Å². The summed E-state index contributed by atoms with van der Waals surface area (Å²) in [4.78, 5) is 11.4. The molecule has 0 radical (unpaired) electrons. The smallest absolute Gasteiger partial charge is 0.136 e. The van der Waals surface area contributed by atoms with Crippen LogP contribution in [0.4, 0.5) is 0 Å². The molecule has 0 amide bonds. The fourth-order valence-electron chi connectivity index (χ4n) is 2.37. The molecule has 2 nitrogen and oxygen atoms in total. The third-order valence-corrected chi connectivity index (χ3v) is 3.02. The minimum Gasteiger partial charge on any atom is -0.316 e. The average molecular weight is 153 g/mol. The molecule has 2 fully saturated rings. The summed E-state index contributed by atoms with van der Waals surface area (Å²) in [6.07, 6.45) is 4.33. The number of hydrogen-bond donors (Lipinski definition) is 1. The van der Waals surface area contributed by atoms with E-state index in [4.69, 9.17) is 0 Å². The highest BCUT2D eigenvalue weighted by Gasteiger charge is 2.32. The average Bonchev–Trinajstić information content (AvgIpc) is 2.06. The summed E-state index contributed by atoms with van der Waals surface area (Å²) in [6.45, 7) is 2.13. The van der Waals surface area contributed by atoms with Crippen molar-refractivity contribution in [2.24, 2.45) is 11.8 Å². The zero-order valence-corrected chi connectivity index (χ0v) is 6.81. The third-order valence-electron chi connectivity index (χ3n) is 3.02. The maximum atomic E-state index is 11.4. The molecule has 0 aromatic carbocycles. The molecule has 2 atom stereocenters. The van der Waals surface area contributed by atoms with Crippen molar-refractivity contribution >= 4 is 5.78 Å². The van der Waals surface area contributed by atoms with Crippen molar-refractivity contribution in [3.63, 3.8) is 0 Å². The molecule has 0 spiro atoms. The number of rotatable bonds is 0. The first kappa shape index (κ1) is 7.29. The second kappa shape index (κ2) is 2.94. The number of fused-ring (bicyclic) bond motifs is 1. The molecule has 1 saturated carbocycles. The molecule has 2 aliphatic rings. The number of Topliss-reactive ketones (excluding diaryl/α,β-unsaturated/α-hetero) is 1. The van der Waals surface area contributed by atoms with E-state index in [1.807, 2.05) is 0 Å². The van der Waals surface area contributed by atoms with E-state index in [1.165, 1.54) is 6.42 Å². The fraction of sp³-hybridized carbons (Fsp3) is 0.889. The molecule has 1 aliphatic heterocycles. The van der Waals surface area contributed by atoms with Crippen molar-refractivity contribution in [1.29, 1.82) is 0 Å². The van der Waals surface area contributed by atoms with Crippen LogP contribution in [0.15, 0.2) is 0 Å². The standard InChI is InChI=1S/C9H15NO/c11-9-3-1-2-7-6-10-5-4-8(7)9/h7-8,10H,1-6H2/t7-,8-/m0/s1. The van der Waals surface area contributed by atoms with E-state index in [0.29, 0.717) is 17.6 Å². The highest BCUT2D eigenvalue weighted by atomic mass is 16.1. The van der Waals surface area contributed by atoms with Gasteiger partial charge in [-0.1, -0.05) is 0 Å². The molecule has 0 bridgehead atoms. The van der Waals surface area contributed by atoms with Crippen molar-refractivity contribution in [3.05, 3.63) is 0 Å². The molecule has 2 rings (SSSR count). The number of carbonyl (C=O) groups is 1. The molecule has 1 N–H and O–H groups in total. The summed E-state index contributed by atoms with van der Waals surface area (Å²) in [5.41, 5.74) is 0. The second-order valence-electron chi connectivity index (χ2n) is 3.72. The van der Waals surface area contributed by atoms with Gasteiger partial charge >= 0.3 is 0 Å². The van der Waals surface area contributed by atoms with Gasteiger partial charge in [-0.15, -0.1) is 0 Å². The van der Waals surface area contributed by atoms with Crippen molar-refractivity contribution in [2.75, 3.05) is 13.1 Å². The van der Waals surface area contributed by atoms with Gasteiger partial charge in [0, 0.05) is 12.3 Å². The first-order valence-electron chi connectivity index (χ1n) is 4.61. The summed E-state index contributed by atoms with van der Waals surface area (Å²) in [5.74, 6) is 1.62. The molecular formula is C9H15NO. The lowest BCUT2D eigenvalue weighted by Crippen LogP contribution is -2.42. The Bertz CT molecular complexity index is 165. The van der Waals surface area contributed by atoms with Gasteiger partial charge in [0.15, 0.2) is 0 Å². The molecule has 0 aromatic heterocycles. The van der Waals surface area contributed by atoms with E-state index >= 15 is 0 Å². The van der Waals surface area contributed by atoms with E-state index in [-0.39, 0.29) is 0 Å². The van der Waals surface area contributed by atoms with Gasteiger partial charge < -0.3 is 5.32 Å². The van der Waals surface area contributed by atoms with Crippen LogP contribution >= 0.6 is 0 Å². The topological polar surface area (TPSA) is 29.1 Å². The Hall–Kier alpha value is -0.370. The van der Waals surface area contributed by atoms with Crippen LogP contribution in [0.25, 0.3) is 0 Å². The highest BCUT2D eigenvalue weighted by molar-refractivity contribution is 5.82. The van der Waals surface area contributed by atoms with Crippen molar-refractivity contribution in [1.82, 2.24) is 5.32 Å². The zero-order chi connectivity index (χ0) is 7.68. The lowest BCUT2D eigenvalue weighted by atomic mass is 9.75. The van der Waals surface area contributed by atoms with E-state index in [2.05, 4.69) is 5.32 Å². The van der Waals surface area contributed by atoms with Crippen LogP contribution in [0.2, 0.25) is 0 Å². The summed E-state index contributed by atoms with van der Waals surface area (Å²) in [6, 6.07) is 0. The van der Waals surface area contributed by atoms with Gasteiger partial charge in [0.25, 0.3) is 0 Å². The normalized spacial score (nSPS) is 38.4. The Morgan fingerprint density at radius 2 is 2.27 bits per heavy atom. The molecule has 1 heterocycles. The van der Waals surface area contributed by atoms with E-state index < -0.39 is 0 Å². The van der Waals surface area contributed by atoms with Gasteiger partial charge in [-0.3, -0.25) is 4.79 Å². The van der Waals surface area contributed by atoms with E-state index in [0.717, 1.165) is 32.4 Å². The maximum absolute atomic E-state index is 11.4. The Labute approximate surface area is 67.4 Å². The molecule has 0 unspecified atom stereocenters. The van der Waals surface area contributed by atoms with Crippen molar-refractivity contribution in [3.8, 4) is 0 Å². The van der Waals surface area contributed by atoms with E-state index in [1.54, 1.807) is 0 Å². The van der Waals surface area contributed by atoms with Crippen LogP contribution < -0.4 is 5.32 Å². The number of piperidine rings is 1. The predicted molar refractivity (Wildman–Crippen MR) is 43.3 cm³/mol. The molecular weight excluding hydrogens is 138 g/mol. The Morgan fingerprint density at radius 3 is 3.09 bits per heavy atom. The van der Waals surface area contributed by atoms with Crippen molar-refractivity contribution in [2.45, 2.75) is 25.7 Å². The SMILES string of the molecule is O=C1CCC[C@H]2CNCC[C@H]12. The van der Waals surface area contributed by atoms with Gasteiger partial charge in [0.2, 0.25) is 0 Å². The van der Waals surface area contributed by atoms with Gasteiger partial charge in [0.1, 0.15) is 5.78 Å². The monoisotopic (exact) mass is 153 g/mol. The summed E-state index contributed by atoms with van der Waals surface area (Å²) in [5, 5.41) is 3.35. The highest BCUT2D eigenvalue weighted by Crippen LogP contribution is 2.30. The summed E-state index contributed by atoms with van der Waals surface area (Å²) in [7, 11) is 0. The van der Waals surface area contributed by atoms with Gasteiger partial charge in [-0.2, -0.15) is 0 Å². The number of nitrogens with one attached hydrogen (secondary N) is 1. The van der Waals surface area contributed by atoms with Crippen LogP contribution in [0.5, 0.6) is 0 Å². The first-order valence-corrected chi connectivity index (χ1v) is 4.61. The molecule has 2 heteroatoms. The summed E-state index contributed by atoms with van der Waals surface area (Å²) < 4.78 is 0. The third kappa shape index (κ3) is 1.32. The molecule has 1 aliphatic carbocycles. The van der Waals surface area contributed by atoms with Crippen LogP contribution in [0.1, 0.15) is 25.7 Å². The quantitative estimate of drug-likeness (QED) is 0.561. The summed E-state index contributed by atoms with van der Waals surface area (Å²) >= 11 is 0. The minimum absolute atomic E-state index is 0.421. The Balaban J connectivity index is 2.05. The van der Waals surface area contributed by atoms with Crippen LogP contribution in [0, 0.1) is 11.8 Å². The first-order chi connectivity index (χ1) is 5.38. The van der Waals surface area contributed by atoms with Crippen LogP contribution in [-0.4, -0.2) is 18.9 Å². The Kier molecular flexibility index (Phi) is 1.95. The number of hydrogen-bond acceptors (Lipinski definition) is 2. The predicted octanol–water partition coefficient (Wildman–Crippen LogP) is 0.965. The van der Waals surface area contributed by atoms with Crippen LogP contribution in [0.3, 0.4) is 0 Å². The lowest BCUT2D eigenvalue weighted by molar-refractivity contribution is -0.127. The van der Waals surface area contributed by atoms with Crippen LogP contribution in [-0.2, 0) is 4.79 Å². The number of carbonyl (C=O) groups excluding carboxylic acids is 1. The zero-order valence-electron chi connectivity index (χ0n) is 6.81. The van der Waals surface area contributed by atoms with Gasteiger partial charge in [-0.25, -0.2) is 0 Å². The molecule has 11 heavy (non-hydrogen) atoms. The van der Waals surface area contributed by atoms with Gasteiger partial charge in [-0.05, 0) is 38.3 Å². The largest absolute Gasteiger partial charge is 0.316 e. The number of ketones is 1. The lowest BCUT2D eigenvalue weighted by Gasteiger charge is -2.34. The molecule has 62 valence electrons. The van der Waals surface area contributed by atoms with Crippen molar-refractivity contribution < 1.29 is 4.79 Å². The molecule has 0 aromatic rings. The molecule has 1 saturated heterocycles. The minimum atomic E-state index is 0.421. The second-order valence-corrected chi connectivity index (χ2v) is 3.72. The van der Waals surface area contributed by atoms with E-state index in [9.17, 15) is 4.79 Å². The fourth-order valence-corrected chi connectivity index (χ4v) is 2.37.